The van der Waals surface area contributed by atoms with Crippen LogP contribution in [-0.2, 0) is 6.42 Å². The first-order valence-electron chi connectivity index (χ1n) is 5.50. The fourth-order valence-electron chi connectivity index (χ4n) is 1.80. The third-order valence-corrected chi connectivity index (χ3v) is 2.99. The zero-order valence-electron chi connectivity index (χ0n) is 10.1. The van der Waals surface area contributed by atoms with Gasteiger partial charge in [0.25, 0.3) is 0 Å². The average Bonchev–Trinajstić information content (AvgIpc) is 2.38. The third kappa shape index (κ3) is 2.29. The van der Waals surface area contributed by atoms with Crippen molar-refractivity contribution < 1.29 is 9.13 Å². The Hall–Kier alpha value is -1.68. The number of ether oxygens (including phenoxy) is 1. The summed E-state index contributed by atoms with van der Waals surface area (Å²) in [7, 11) is 1.53. The quantitative estimate of drug-likeness (QED) is 0.798. The summed E-state index contributed by atoms with van der Waals surface area (Å²) in [5, 5.41) is 0.383. The van der Waals surface area contributed by atoms with Crippen molar-refractivity contribution in [3.8, 4) is 17.0 Å². The van der Waals surface area contributed by atoms with Crippen molar-refractivity contribution in [2.75, 3.05) is 7.11 Å². The van der Waals surface area contributed by atoms with Crippen molar-refractivity contribution in [1.29, 1.82) is 0 Å². The van der Waals surface area contributed by atoms with Gasteiger partial charge < -0.3 is 4.74 Å². The van der Waals surface area contributed by atoms with E-state index >= 15 is 0 Å². The van der Waals surface area contributed by atoms with E-state index in [0.29, 0.717) is 28.6 Å². The van der Waals surface area contributed by atoms with Gasteiger partial charge in [0.2, 0.25) is 0 Å². The summed E-state index contributed by atoms with van der Waals surface area (Å²) in [5.41, 5.74) is 1.97. The molecule has 0 saturated heterocycles. The summed E-state index contributed by atoms with van der Waals surface area (Å²) in [6.45, 7) is 1.94. The lowest BCUT2D eigenvalue weighted by Crippen LogP contribution is -1.98. The second-order valence-electron chi connectivity index (χ2n) is 3.69. The van der Waals surface area contributed by atoms with Crippen LogP contribution in [0.1, 0.15) is 12.5 Å². The summed E-state index contributed by atoms with van der Waals surface area (Å²) in [6, 6.07) is 4.30. The molecule has 1 aromatic carbocycles. The molecule has 2 rings (SSSR count). The summed E-state index contributed by atoms with van der Waals surface area (Å²) < 4.78 is 18.6. The molecule has 1 heterocycles. The zero-order chi connectivity index (χ0) is 13.1. The van der Waals surface area contributed by atoms with Crippen molar-refractivity contribution in [3.05, 3.63) is 41.1 Å². The lowest BCUT2D eigenvalue weighted by molar-refractivity contribution is 0.415. The monoisotopic (exact) mass is 266 g/mol. The van der Waals surface area contributed by atoms with Gasteiger partial charge in [-0.25, -0.2) is 14.4 Å². The lowest BCUT2D eigenvalue weighted by atomic mass is 10.0. The number of methoxy groups -OCH3 is 1. The Kier molecular flexibility index (Phi) is 3.77. The van der Waals surface area contributed by atoms with Gasteiger partial charge in [-0.1, -0.05) is 18.5 Å². The molecule has 5 heteroatoms. The van der Waals surface area contributed by atoms with Crippen LogP contribution in [-0.4, -0.2) is 17.1 Å². The molecule has 0 fully saturated rings. The van der Waals surface area contributed by atoms with Crippen LogP contribution in [0.5, 0.6) is 5.75 Å². The Morgan fingerprint density at radius 1 is 1.33 bits per heavy atom. The molecule has 0 N–H and O–H groups in total. The van der Waals surface area contributed by atoms with Crippen LogP contribution >= 0.6 is 11.6 Å². The first-order valence-corrected chi connectivity index (χ1v) is 5.88. The van der Waals surface area contributed by atoms with Gasteiger partial charge in [-0.15, -0.1) is 0 Å². The molecule has 0 radical (unpaired) electrons. The number of benzene rings is 1. The van der Waals surface area contributed by atoms with Gasteiger partial charge in [0.1, 0.15) is 23.0 Å². The highest BCUT2D eigenvalue weighted by Gasteiger charge is 2.15. The zero-order valence-corrected chi connectivity index (χ0v) is 10.8. The van der Waals surface area contributed by atoms with Gasteiger partial charge in [0, 0.05) is 11.1 Å². The van der Waals surface area contributed by atoms with Crippen molar-refractivity contribution in [2.45, 2.75) is 13.3 Å². The third-order valence-electron chi connectivity index (χ3n) is 2.66. The van der Waals surface area contributed by atoms with Gasteiger partial charge in [-0.3, -0.25) is 0 Å². The Morgan fingerprint density at radius 3 is 2.78 bits per heavy atom. The fourth-order valence-corrected chi connectivity index (χ4v) is 2.07. The molecule has 0 amide bonds. The summed E-state index contributed by atoms with van der Waals surface area (Å²) in [6.07, 6.45) is 2.02. The molecule has 0 aliphatic heterocycles. The molecular formula is C13H12ClFN2O. The predicted octanol–water partition coefficient (Wildman–Crippen LogP) is 3.51. The van der Waals surface area contributed by atoms with E-state index in [9.17, 15) is 4.39 Å². The van der Waals surface area contributed by atoms with Gasteiger partial charge in [0.15, 0.2) is 0 Å². The van der Waals surface area contributed by atoms with Gasteiger partial charge in [-0.2, -0.15) is 0 Å². The highest BCUT2D eigenvalue weighted by atomic mass is 35.5. The maximum Gasteiger partial charge on any atom is 0.136 e. The number of nitrogens with zero attached hydrogens (tertiary/aromatic N) is 2. The number of hydrogen-bond acceptors (Lipinski definition) is 3. The molecule has 0 atom stereocenters. The molecule has 0 aliphatic rings. The highest BCUT2D eigenvalue weighted by molar-refractivity contribution is 6.30. The minimum atomic E-state index is -0.345. The Morgan fingerprint density at radius 2 is 2.11 bits per heavy atom. The second-order valence-corrected chi connectivity index (χ2v) is 4.05. The Bertz CT molecular complexity index is 575. The van der Waals surface area contributed by atoms with Crippen LogP contribution in [0.25, 0.3) is 11.3 Å². The Labute approximate surface area is 110 Å². The maximum absolute atomic E-state index is 13.4. The topological polar surface area (TPSA) is 35.0 Å². The van der Waals surface area contributed by atoms with E-state index in [0.717, 1.165) is 5.56 Å². The van der Waals surface area contributed by atoms with E-state index in [1.807, 2.05) is 6.92 Å². The molecule has 0 unspecified atom stereocenters. The van der Waals surface area contributed by atoms with E-state index in [2.05, 4.69) is 9.97 Å². The standard InChI is InChI=1S/C13H12ClFN2O/c1-3-9-12(16-7-17-13(9)14)10-6-8(15)4-5-11(10)18-2/h4-7H,3H2,1-2H3. The lowest BCUT2D eigenvalue weighted by Gasteiger charge is -2.11. The van der Waals surface area contributed by atoms with Crippen molar-refractivity contribution in [1.82, 2.24) is 9.97 Å². The van der Waals surface area contributed by atoms with Crippen LogP contribution in [0.4, 0.5) is 4.39 Å². The minimum Gasteiger partial charge on any atom is -0.496 e. The maximum atomic E-state index is 13.4. The molecule has 94 valence electrons. The van der Waals surface area contributed by atoms with E-state index in [-0.39, 0.29) is 5.82 Å². The normalized spacial score (nSPS) is 10.4. The van der Waals surface area contributed by atoms with Crippen molar-refractivity contribution in [2.24, 2.45) is 0 Å². The van der Waals surface area contributed by atoms with Crippen LogP contribution in [0.2, 0.25) is 5.15 Å². The summed E-state index contributed by atoms with van der Waals surface area (Å²) in [5.74, 6) is 0.212. The van der Waals surface area contributed by atoms with Crippen LogP contribution in [0.15, 0.2) is 24.5 Å². The van der Waals surface area contributed by atoms with Gasteiger partial charge >= 0.3 is 0 Å². The molecular weight excluding hydrogens is 255 g/mol. The summed E-state index contributed by atoms with van der Waals surface area (Å²) >= 11 is 6.03. The molecule has 0 aliphatic carbocycles. The van der Waals surface area contributed by atoms with E-state index in [1.54, 1.807) is 6.07 Å². The van der Waals surface area contributed by atoms with Crippen LogP contribution < -0.4 is 4.74 Å². The van der Waals surface area contributed by atoms with E-state index in [4.69, 9.17) is 16.3 Å². The van der Waals surface area contributed by atoms with Crippen LogP contribution in [0.3, 0.4) is 0 Å². The largest absolute Gasteiger partial charge is 0.496 e. The first-order chi connectivity index (χ1) is 8.67. The Balaban J connectivity index is 2.68. The first kappa shape index (κ1) is 12.8. The van der Waals surface area contributed by atoms with Crippen LogP contribution in [0, 0.1) is 5.82 Å². The molecule has 3 nitrogen and oxygen atoms in total. The average molecular weight is 267 g/mol. The predicted molar refractivity (Wildman–Crippen MR) is 68.4 cm³/mol. The molecule has 0 spiro atoms. The van der Waals surface area contributed by atoms with Crippen molar-refractivity contribution in [3.63, 3.8) is 0 Å². The van der Waals surface area contributed by atoms with Crippen molar-refractivity contribution >= 4 is 11.6 Å². The molecule has 18 heavy (non-hydrogen) atoms. The molecule has 0 bridgehead atoms. The minimum absolute atomic E-state index is 0.345. The second kappa shape index (κ2) is 5.31. The smallest absolute Gasteiger partial charge is 0.136 e. The molecule has 1 aromatic heterocycles. The van der Waals surface area contributed by atoms with E-state index in [1.165, 1.54) is 25.6 Å². The number of halogens is 2. The number of aromatic nitrogens is 2. The SMILES string of the molecule is CCc1c(Cl)ncnc1-c1cc(F)ccc1OC. The highest BCUT2D eigenvalue weighted by Crippen LogP contribution is 2.33. The summed E-state index contributed by atoms with van der Waals surface area (Å²) in [4.78, 5) is 8.12. The number of rotatable bonds is 3. The van der Waals surface area contributed by atoms with Gasteiger partial charge in [-0.05, 0) is 24.6 Å². The van der Waals surface area contributed by atoms with Gasteiger partial charge in [0.05, 0.1) is 12.8 Å². The molecule has 2 aromatic rings. The fraction of sp³-hybridized carbons (Fsp3) is 0.231. The molecule has 0 saturated carbocycles. The van der Waals surface area contributed by atoms with E-state index < -0.39 is 0 Å². The number of hydrogen-bond donors (Lipinski definition) is 0.